The summed E-state index contributed by atoms with van der Waals surface area (Å²) in [4.78, 5) is -0.883. The van der Waals surface area contributed by atoms with Crippen molar-refractivity contribution in [2.24, 2.45) is 0 Å². The third kappa shape index (κ3) is 6.31. The van der Waals surface area contributed by atoms with Gasteiger partial charge in [-0.1, -0.05) is 60.7 Å². The molecule has 0 unspecified atom stereocenters. The van der Waals surface area contributed by atoms with Crippen molar-refractivity contribution >= 4 is 54.2 Å². The first-order chi connectivity index (χ1) is 17.2. The molecule has 0 aliphatic rings. The maximum absolute atomic E-state index is 11.8. The van der Waals surface area contributed by atoms with Crippen molar-refractivity contribution in [1.82, 2.24) is 0 Å². The molecule has 4 rings (SSSR count). The van der Waals surface area contributed by atoms with Crippen LogP contribution in [0.4, 0.5) is 0 Å². The number of hydrogen-bond acceptors (Lipinski definition) is 6. The van der Waals surface area contributed by atoms with Gasteiger partial charge in [0.05, 0.1) is 14.7 Å². The lowest BCUT2D eigenvalue weighted by Gasteiger charge is -2.20. The molecule has 4 aromatic carbocycles. The van der Waals surface area contributed by atoms with E-state index in [0.717, 1.165) is 5.56 Å². The molecule has 0 spiro atoms. The minimum absolute atomic E-state index is 0.242. The van der Waals surface area contributed by atoms with Crippen LogP contribution >= 0.6 is 7.92 Å². The van der Waals surface area contributed by atoms with E-state index < -0.39 is 38.3 Å². The Kier molecular flexibility index (Phi) is 7.37. The summed E-state index contributed by atoms with van der Waals surface area (Å²) in [5.74, 6) is 0. The highest BCUT2D eigenvalue weighted by Gasteiger charge is 2.21. The van der Waals surface area contributed by atoms with E-state index in [2.05, 4.69) is 0 Å². The second-order valence-corrected chi connectivity index (χ2v) is 14.3. The topological polar surface area (TPSA) is 163 Å². The molecule has 192 valence electrons. The summed E-state index contributed by atoms with van der Waals surface area (Å²) >= 11 is 0. The highest BCUT2D eigenvalue weighted by Crippen LogP contribution is 2.35. The lowest BCUT2D eigenvalue weighted by Crippen LogP contribution is -2.22. The molecule has 0 aliphatic carbocycles. The molecule has 3 N–H and O–H groups in total. The quantitative estimate of drug-likeness (QED) is 0.221. The van der Waals surface area contributed by atoms with Crippen LogP contribution in [0, 0.1) is 0 Å². The molecule has 0 fully saturated rings. The SMILES string of the molecule is O=S(=O)(O)c1ccc(-c2ccc(P(c3cccc(S(=O)(=O)O)c3)c3cccc(S(=O)(=O)O)c3)cc2)cc1. The van der Waals surface area contributed by atoms with Gasteiger partial charge in [0.25, 0.3) is 30.4 Å². The van der Waals surface area contributed by atoms with E-state index in [-0.39, 0.29) is 14.7 Å². The molecular weight excluding hydrogens is 559 g/mol. The first-order valence-corrected chi connectivity index (χ1v) is 16.0. The minimum atomic E-state index is -4.50. The molecule has 0 radical (unpaired) electrons. The fraction of sp³-hybridized carbons (Fsp3) is 0. The van der Waals surface area contributed by atoms with Crippen molar-refractivity contribution in [2.75, 3.05) is 0 Å². The third-order valence-electron chi connectivity index (χ3n) is 5.36. The van der Waals surface area contributed by atoms with Crippen LogP contribution in [0.2, 0.25) is 0 Å². The maximum Gasteiger partial charge on any atom is 0.294 e. The second kappa shape index (κ2) is 10.1. The Morgan fingerprint density at radius 2 is 0.811 bits per heavy atom. The Bertz CT molecular complexity index is 1710. The van der Waals surface area contributed by atoms with Crippen molar-refractivity contribution in [3.05, 3.63) is 97.1 Å². The monoisotopic (exact) mass is 578 g/mol. The average molecular weight is 579 g/mol. The zero-order valence-electron chi connectivity index (χ0n) is 18.7. The van der Waals surface area contributed by atoms with Gasteiger partial charge in [-0.25, -0.2) is 0 Å². The Morgan fingerprint density at radius 3 is 1.19 bits per heavy atom. The van der Waals surface area contributed by atoms with Crippen molar-refractivity contribution < 1.29 is 38.9 Å². The fourth-order valence-electron chi connectivity index (χ4n) is 3.64. The molecule has 0 aliphatic heterocycles. The Balaban J connectivity index is 1.82. The van der Waals surface area contributed by atoms with Crippen LogP contribution in [0.1, 0.15) is 0 Å². The Labute approximate surface area is 215 Å². The van der Waals surface area contributed by atoms with Crippen molar-refractivity contribution in [1.29, 1.82) is 0 Å². The van der Waals surface area contributed by atoms with Gasteiger partial charge in [-0.3, -0.25) is 13.7 Å². The summed E-state index contributed by atoms with van der Waals surface area (Å²) in [5.41, 5.74) is 1.39. The standard InChI is InChI=1S/C24H19O9PS3/c25-35(26,27)22-13-9-18(10-14-22)17-7-11-19(12-8-17)34(20-3-1-5-23(15-20)36(28,29)30)21-4-2-6-24(16-21)37(31,32)33/h1-16H,(H,25,26,27)(H,28,29,30)(H,31,32,33). The van der Waals surface area contributed by atoms with E-state index in [0.29, 0.717) is 21.5 Å². The van der Waals surface area contributed by atoms with Crippen molar-refractivity contribution in [3.63, 3.8) is 0 Å². The van der Waals surface area contributed by atoms with Gasteiger partial charge in [-0.05, 0) is 71.4 Å². The molecule has 9 nitrogen and oxygen atoms in total. The van der Waals surface area contributed by atoms with Crippen LogP contribution in [0.25, 0.3) is 11.1 Å². The van der Waals surface area contributed by atoms with E-state index in [1.807, 2.05) is 0 Å². The smallest absolute Gasteiger partial charge is 0.282 e. The number of hydrogen-bond donors (Lipinski definition) is 3. The molecule has 0 saturated heterocycles. The van der Waals surface area contributed by atoms with Gasteiger partial charge in [0.15, 0.2) is 0 Å². The predicted octanol–water partition coefficient (Wildman–Crippen LogP) is 2.85. The largest absolute Gasteiger partial charge is 0.294 e. The molecule has 0 saturated carbocycles. The van der Waals surface area contributed by atoms with Gasteiger partial charge in [0.2, 0.25) is 0 Å². The van der Waals surface area contributed by atoms with E-state index >= 15 is 0 Å². The van der Waals surface area contributed by atoms with Crippen LogP contribution in [0.5, 0.6) is 0 Å². The summed E-state index contributed by atoms with van der Waals surface area (Å²) in [6.45, 7) is 0. The average Bonchev–Trinajstić information content (AvgIpc) is 2.84. The molecule has 0 amide bonds. The molecule has 0 heterocycles. The second-order valence-electron chi connectivity index (χ2n) is 7.83. The molecule has 0 atom stereocenters. The highest BCUT2D eigenvalue weighted by molar-refractivity contribution is 7.86. The third-order valence-corrected chi connectivity index (χ3v) is 10.3. The number of benzene rings is 4. The lowest BCUT2D eigenvalue weighted by atomic mass is 10.1. The Morgan fingerprint density at radius 1 is 0.432 bits per heavy atom. The lowest BCUT2D eigenvalue weighted by molar-refractivity contribution is 0.481. The van der Waals surface area contributed by atoms with Gasteiger partial charge in [-0.2, -0.15) is 25.3 Å². The Hall–Kier alpha value is -2.96. The summed E-state index contributed by atoms with van der Waals surface area (Å²) in [7, 11) is -14.9. The molecular formula is C24H19O9PS3. The molecule has 0 bridgehead atoms. The van der Waals surface area contributed by atoms with Gasteiger partial charge in [0, 0.05) is 0 Å². The van der Waals surface area contributed by atoms with Crippen molar-refractivity contribution in [2.45, 2.75) is 14.7 Å². The van der Waals surface area contributed by atoms with E-state index in [9.17, 15) is 38.9 Å². The van der Waals surface area contributed by atoms with E-state index in [1.54, 1.807) is 36.4 Å². The molecule has 0 aromatic heterocycles. The van der Waals surface area contributed by atoms with Gasteiger partial charge >= 0.3 is 0 Å². The zero-order valence-corrected chi connectivity index (χ0v) is 22.0. The predicted molar refractivity (Wildman–Crippen MR) is 140 cm³/mol. The zero-order chi connectivity index (χ0) is 27.0. The van der Waals surface area contributed by atoms with E-state index in [4.69, 9.17) is 0 Å². The summed E-state index contributed by atoms with van der Waals surface area (Å²) in [6.07, 6.45) is 0. The highest BCUT2D eigenvalue weighted by atomic mass is 32.2. The van der Waals surface area contributed by atoms with Crippen LogP contribution in [0.3, 0.4) is 0 Å². The maximum atomic E-state index is 11.8. The van der Waals surface area contributed by atoms with Crippen molar-refractivity contribution in [3.8, 4) is 11.1 Å². The minimum Gasteiger partial charge on any atom is -0.282 e. The van der Waals surface area contributed by atoms with E-state index in [1.165, 1.54) is 60.7 Å². The van der Waals surface area contributed by atoms with Gasteiger partial charge in [0.1, 0.15) is 0 Å². The van der Waals surface area contributed by atoms with Gasteiger partial charge in [-0.15, -0.1) is 0 Å². The van der Waals surface area contributed by atoms with Crippen LogP contribution in [-0.2, 0) is 30.4 Å². The first-order valence-electron chi connectivity index (χ1n) is 10.4. The van der Waals surface area contributed by atoms with Gasteiger partial charge < -0.3 is 0 Å². The van der Waals surface area contributed by atoms with Crippen LogP contribution in [-0.4, -0.2) is 38.9 Å². The van der Waals surface area contributed by atoms with Crippen LogP contribution < -0.4 is 15.9 Å². The molecule has 13 heteroatoms. The number of rotatable bonds is 7. The first kappa shape index (κ1) is 27.1. The molecule has 4 aromatic rings. The fourth-order valence-corrected chi connectivity index (χ4v) is 7.69. The van der Waals surface area contributed by atoms with Crippen LogP contribution in [0.15, 0.2) is 112 Å². The summed E-state index contributed by atoms with van der Waals surface area (Å²) < 4.78 is 97.8. The molecule has 37 heavy (non-hydrogen) atoms. The normalized spacial score (nSPS) is 12.5. The summed E-state index contributed by atoms with van der Waals surface area (Å²) in [6, 6.07) is 24.0. The summed E-state index contributed by atoms with van der Waals surface area (Å²) in [5, 5.41) is 1.71.